The summed E-state index contributed by atoms with van der Waals surface area (Å²) in [5, 5.41) is 17.1. The number of rotatable bonds is 12. The Bertz CT molecular complexity index is 2550. The van der Waals surface area contributed by atoms with Gasteiger partial charge in [0.25, 0.3) is 5.91 Å². The molecule has 322 valence electrons. The molecule has 1 unspecified atom stereocenters. The number of nitrogens with one attached hydrogen (secondary N) is 3. The maximum absolute atomic E-state index is 13.2. The number of benzene rings is 1. The zero-order chi connectivity index (χ0) is 42.9. The zero-order valence-corrected chi connectivity index (χ0v) is 35.0. The Hall–Kier alpha value is -6.72. The second-order valence-electron chi connectivity index (χ2n) is 16.7. The van der Waals surface area contributed by atoms with E-state index in [1.54, 1.807) is 17.3 Å². The molecule has 1 aromatic carbocycles. The molecule has 3 N–H and O–H groups in total. The van der Waals surface area contributed by atoms with Crippen molar-refractivity contribution in [1.29, 1.82) is 0 Å². The molecule has 7 heterocycles. The standard InChI is InChI=1S/C44H50N12O6/c1-26-20-30(47-44(61)48-33-24-45-35-21-27(2)51-56(35)40(33)28-8-6-7-9-28)23-46-39(26)41-50-37(62-52-41)10-4-3-5-11-38(58)54-18-16-53(17-19-54)31-12-13-32-29(22-31)25-55(43(32)60)34-14-15-36(57)49-42(34)59/h12-13,20-24,28,34H,3-11,14-19,25H2,1-2H3,(H2,47,48,61)(H,49,57,59). The lowest BCUT2D eigenvalue weighted by molar-refractivity contribution is -0.137. The third kappa shape index (κ3) is 8.45. The minimum atomic E-state index is -0.643. The van der Waals surface area contributed by atoms with Crippen molar-refractivity contribution in [3.63, 3.8) is 0 Å². The van der Waals surface area contributed by atoms with Gasteiger partial charge in [-0.05, 0) is 81.3 Å². The van der Waals surface area contributed by atoms with Crippen molar-refractivity contribution in [1.82, 2.24) is 44.8 Å². The molecule has 9 rings (SSSR count). The highest BCUT2D eigenvalue weighted by Gasteiger charge is 2.39. The smallest absolute Gasteiger partial charge is 0.323 e. The molecule has 6 amide bonds. The Kier molecular flexibility index (Phi) is 11.4. The zero-order valence-electron chi connectivity index (χ0n) is 35.0. The molecule has 18 nitrogen and oxygen atoms in total. The molecule has 1 saturated carbocycles. The van der Waals surface area contributed by atoms with Gasteiger partial charge in [0.2, 0.25) is 29.4 Å². The van der Waals surface area contributed by atoms with Gasteiger partial charge in [0.05, 0.1) is 35.2 Å². The van der Waals surface area contributed by atoms with E-state index in [1.807, 2.05) is 53.6 Å². The number of piperidine rings is 1. The Labute approximate surface area is 357 Å². The van der Waals surface area contributed by atoms with E-state index in [-0.39, 0.29) is 24.1 Å². The molecular formula is C44H50N12O6. The highest BCUT2D eigenvalue weighted by molar-refractivity contribution is 6.05. The van der Waals surface area contributed by atoms with Crippen LogP contribution in [0, 0.1) is 13.8 Å². The third-order valence-corrected chi connectivity index (χ3v) is 12.4. The molecule has 0 radical (unpaired) electrons. The van der Waals surface area contributed by atoms with Crippen LogP contribution in [-0.2, 0) is 27.3 Å². The van der Waals surface area contributed by atoms with Crippen molar-refractivity contribution in [3.8, 4) is 11.5 Å². The maximum atomic E-state index is 13.2. The SMILES string of the molecule is Cc1cc2ncc(NC(=O)Nc3cnc(-c4noc(CCCCCC(=O)N5CCN(c6ccc7c(c6)CN(C6CCC(=O)NC6=O)C7=O)CC5)n4)c(C)c3)c(C3CCCC3)n2n1. The third-order valence-electron chi connectivity index (χ3n) is 12.4. The van der Waals surface area contributed by atoms with Crippen LogP contribution in [0.4, 0.5) is 21.9 Å². The number of nitrogens with zero attached hydrogens (tertiary/aromatic N) is 9. The fourth-order valence-electron chi connectivity index (χ4n) is 9.23. The second-order valence-corrected chi connectivity index (χ2v) is 16.7. The number of anilines is 3. The van der Waals surface area contributed by atoms with Crippen molar-refractivity contribution in [2.75, 3.05) is 41.7 Å². The number of aromatic nitrogens is 6. The van der Waals surface area contributed by atoms with E-state index in [4.69, 9.17) is 4.52 Å². The lowest BCUT2D eigenvalue weighted by atomic mass is 10.0. The highest BCUT2D eigenvalue weighted by atomic mass is 16.5. The Morgan fingerprint density at radius 2 is 1.74 bits per heavy atom. The first-order valence-electron chi connectivity index (χ1n) is 21.6. The topological polar surface area (TPSA) is 213 Å². The monoisotopic (exact) mass is 842 g/mol. The maximum Gasteiger partial charge on any atom is 0.323 e. The van der Waals surface area contributed by atoms with Crippen molar-refractivity contribution < 1.29 is 28.5 Å². The minimum Gasteiger partial charge on any atom is -0.368 e. The van der Waals surface area contributed by atoms with Crippen molar-refractivity contribution >= 4 is 52.4 Å². The normalized spacial score (nSPS) is 18.1. The van der Waals surface area contributed by atoms with Gasteiger partial charge in [0, 0.05) is 75.2 Å². The van der Waals surface area contributed by atoms with Crippen LogP contribution in [0.25, 0.3) is 17.2 Å². The van der Waals surface area contributed by atoms with Crippen LogP contribution in [0.3, 0.4) is 0 Å². The summed E-state index contributed by atoms with van der Waals surface area (Å²) in [6, 6.07) is 8.47. The number of fused-ring (bicyclic) bond motifs is 2. The largest absolute Gasteiger partial charge is 0.368 e. The molecule has 4 aliphatic rings. The molecule has 1 atom stereocenters. The first kappa shape index (κ1) is 40.7. The summed E-state index contributed by atoms with van der Waals surface area (Å²) in [5.41, 5.74) is 7.57. The number of aryl methyl sites for hydroxylation is 3. The molecule has 18 heteroatoms. The van der Waals surface area contributed by atoms with Gasteiger partial charge in [-0.1, -0.05) is 24.4 Å². The Morgan fingerprint density at radius 1 is 0.919 bits per heavy atom. The van der Waals surface area contributed by atoms with Gasteiger partial charge < -0.3 is 29.9 Å². The van der Waals surface area contributed by atoms with Crippen LogP contribution in [-0.4, -0.2) is 101 Å². The summed E-state index contributed by atoms with van der Waals surface area (Å²) in [5.74, 6) is 0.399. The Balaban J connectivity index is 0.704. The van der Waals surface area contributed by atoms with E-state index >= 15 is 0 Å². The van der Waals surface area contributed by atoms with Crippen LogP contribution in [0.2, 0.25) is 0 Å². The molecule has 2 saturated heterocycles. The van der Waals surface area contributed by atoms with Crippen molar-refractivity contribution in [2.24, 2.45) is 0 Å². The fraction of sp³-hybridized carbons (Fsp3) is 0.455. The molecule has 1 aliphatic carbocycles. The van der Waals surface area contributed by atoms with Gasteiger partial charge >= 0.3 is 6.03 Å². The van der Waals surface area contributed by atoms with E-state index in [2.05, 4.69) is 46.1 Å². The number of urea groups is 1. The first-order chi connectivity index (χ1) is 30.1. The van der Waals surface area contributed by atoms with Crippen LogP contribution >= 0.6 is 0 Å². The van der Waals surface area contributed by atoms with E-state index in [9.17, 15) is 24.0 Å². The molecule has 62 heavy (non-hydrogen) atoms. The van der Waals surface area contributed by atoms with Gasteiger partial charge in [-0.25, -0.2) is 14.3 Å². The number of carbonyl (C=O) groups excluding carboxylic acids is 5. The van der Waals surface area contributed by atoms with Crippen LogP contribution in [0.5, 0.6) is 0 Å². The summed E-state index contributed by atoms with van der Waals surface area (Å²) >= 11 is 0. The Morgan fingerprint density at radius 3 is 2.53 bits per heavy atom. The minimum absolute atomic E-state index is 0.137. The van der Waals surface area contributed by atoms with Crippen LogP contribution in [0.15, 0.2) is 47.2 Å². The molecule has 0 spiro atoms. The van der Waals surface area contributed by atoms with Crippen LogP contribution < -0.4 is 20.9 Å². The lowest BCUT2D eigenvalue weighted by Crippen LogP contribution is -2.52. The summed E-state index contributed by atoms with van der Waals surface area (Å²) in [6.07, 6.45) is 11.6. The number of amides is 6. The van der Waals surface area contributed by atoms with E-state index in [1.165, 1.54) is 0 Å². The number of hydrogen-bond donors (Lipinski definition) is 3. The average molecular weight is 843 g/mol. The lowest BCUT2D eigenvalue weighted by Gasteiger charge is -2.36. The van der Waals surface area contributed by atoms with Gasteiger partial charge in [0.15, 0.2) is 5.65 Å². The molecule has 3 fully saturated rings. The number of hydrogen-bond acceptors (Lipinski definition) is 12. The van der Waals surface area contributed by atoms with Gasteiger partial charge in [0.1, 0.15) is 11.7 Å². The fourth-order valence-corrected chi connectivity index (χ4v) is 9.23. The number of unbranched alkanes of at least 4 members (excludes halogenated alkanes) is 2. The quantitative estimate of drug-likeness (QED) is 0.108. The van der Waals surface area contributed by atoms with E-state index in [0.717, 1.165) is 78.8 Å². The second kappa shape index (κ2) is 17.3. The van der Waals surface area contributed by atoms with Crippen LogP contribution in [0.1, 0.15) is 109 Å². The van der Waals surface area contributed by atoms with Crippen molar-refractivity contribution in [2.45, 2.75) is 103 Å². The molecule has 3 aliphatic heterocycles. The van der Waals surface area contributed by atoms with Gasteiger partial charge in [-0.2, -0.15) is 10.1 Å². The first-order valence-corrected chi connectivity index (χ1v) is 21.6. The van der Waals surface area contributed by atoms with Crippen molar-refractivity contribution in [3.05, 3.63) is 76.7 Å². The summed E-state index contributed by atoms with van der Waals surface area (Å²) in [7, 11) is 0. The van der Waals surface area contributed by atoms with Gasteiger partial charge in [-0.15, -0.1) is 0 Å². The number of imide groups is 1. The predicted octanol–water partition coefficient (Wildman–Crippen LogP) is 5.31. The highest BCUT2D eigenvalue weighted by Crippen LogP contribution is 2.38. The van der Waals surface area contributed by atoms with E-state index in [0.29, 0.717) is 92.3 Å². The summed E-state index contributed by atoms with van der Waals surface area (Å²) in [6.45, 7) is 6.74. The molecule has 5 aromatic rings. The molecule has 4 aromatic heterocycles. The molecular weight excluding hydrogens is 793 g/mol. The van der Waals surface area contributed by atoms with Gasteiger partial charge in [-0.3, -0.25) is 29.5 Å². The summed E-state index contributed by atoms with van der Waals surface area (Å²) < 4.78 is 7.40. The number of pyridine rings is 1. The average Bonchev–Trinajstić information content (AvgIpc) is 4.09. The molecule has 0 bridgehead atoms. The summed E-state index contributed by atoms with van der Waals surface area (Å²) in [4.78, 5) is 82.7. The number of carbonyl (C=O) groups is 5. The predicted molar refractivity (Wildman–Crippen MR) is 227 cm³/mol. The van der Waals surface area contributed by atoms with E-state index < -0.39 is 18.0 Å². The number of piperazine rings is 1.